The van der Waals surface area contributed by atoms with Crippen molar-refractivity contribution < 1.29 is 0 Å². The molecule has 3 heteroatoms. The number of nitrogens with zero attached hydrogens (tertiary/aromatic N) is 1. The maximum Gasteiger partial charge on any atom is 0.138 e. The van der Waals surface area contributed by atoms with Crippen LogP contribution in [0, 0.1) is 0 Å². The molecule has 0 atom stereocenters. The second kappa shape index (κ2) is 11.1. The number of aromatic nitrogens is 2. The van der Waals surface area contributed by atoms with Crippen molar-refractivity contribution >= 4 is 45.1 Å². The maximum atomic E-state index is 5.23. The third-order valence-electron chi connectivity index (χ3n) is 7.86. The molecule has 1 heterocycles. The number of hydrogen-bond donors (Lipinski definition) is 1. The summed E-state index contributed by atoms with van der Waals surface area (Å²) in [5.41, 5.74) is 3.45. The van der Waals surface area contributed by atoms with Crippen LogP contribution in [-0.2, 0) is 0 Å². The zero-order valence-electron chi connectivity index (χ0n) is 22.2. The lowest BCUT2D eigenvalue weighted by molar-refractivity contribution is 0.841. The van der Waals surface area contributed by atoms with Gasteiger partial charge in [-0.15, -0.1) is 0 Å². The summed E-state index contributed by atoms with van der Waals surface area (Å²) in [5, 5.41) is 6.65. The topological polar surface area (TPSA) is 28.7 Å². The molecule has 186 valence electrons. The van der Waals surface area contributed by atoms with Crippen molar-refractivity contribution in [2.75, 3.05) is 18.5 Å². The van der Waals surface area contributed by atoms with Crippen LogP contribution >= 0.6 is 7.26 Å². The highest BCUT2D eigenvalue weighted by Gasteiger charge is 2.38. The first kappa shape index (κ1) is 25.0. The Kier molecular flexibility index (Phi) is 7.73. The first-order valence-corrected chi connectivity index (χ1v) is 16.3. The van der Waals surface area contributed by atoms with E-state index in [9.17, 15) is 0 Å². The van der Waals surface area contributed by atoms with Gasteiger partial charge in [-0.2, -0.15) is 0 Å². The van der Waals surface area contributed by atoms with Gasteiger partial charge in [-0.3, -0.25) is 0 Å². The predicted molar refractivity (Wildman–Crippen MR) is 162 cm³/mol. The molecule has 2 nitrogen and oxygen atoms in total. The summed E-state index contributed by atoms with van der Waals surface area (Å²) in [4.78, 5) is 8.98. The summed E-state index contributed by atoms with van der Waals surface area (Å²) in [7, 11) is -1.20. The summed E-state index contributed by atoms with van der Waals surface area (Å²) in [5.74, 6) is 0.993. The van der Waals surface area contributed by atoms with Crippen LogP contribution in [0.3, 0.4) is 0 Å². The number of H-pyrrole nitrogens is 1. The molecule has 4 aromatic carbocycles. The Morgan fingerprint density at radius 2 is 1.19 bits per heavy atom. The minimum Gasteiger partial charge on any atom is -0.337 e. The normalized spacial score (nSPS) is 12.2. The third-order valence-corrected chi connectivity index (χ3v) is 12.7. The van der Waals surface area contributed by atoms with Gasteiger partial charge in [0.25, 0.3) is 0 Å². The van der Waals surface area contributed by atoms with Crippen LogP contribution in [0.4, 0.5) is 0 Å². The van der Waals surface area contributed by atoms with E-state index in [1.165, 1.54) is 84.1 Å². The highest BCUT2D eigenvalue weighted by molar-refractivity contribution is 7.82. The van der Waals surface area contributed by atoms with E-state index in [4.69, 9.17) is 4.98 Å². The summed E-state index contributed by atoms with van der Waals surface area (Å²) < 4.78 is 0. The smallest absolute Gasteiger partial charge is 0.138 e. The molecule has 5 rings (SSSR count). The van der Waals surface area contributed by atoms with Gasteiger partial charge in [0.2, 0.25) is 0 Å². The molecule has 1 N–H and O–H groups in total. The lowest BCUT2D eigenvalue weighted by atomic mass is 10.0. The number of aromatic amines is 1. The minimum absolute atomic E-state index is 0.993. The van der Waals surface area contributed by atoms with E-state index in [2.05, 4.69) is 98.6 Å². The van der Waals surface area contributed by atoms with Gasteiger partial charge < -0.3 is 4.98 Å². The van der Waals surface area contributed by atoms with Gasteiger partial charge in [-0.05, 0) is 42.2 Å². The number of imidazole rings is 1. The van der Waals surface area contributed by atoms with Crippen molar-refractivity contribution in [3.63, 3.8) is 0 Å². The van der Waals surface area contributed by atoms with Gasteiger partial charge >= 0.3 is 0 Å². The minimum atomic E-state index is -1.20. The van der Waals surface area contributed by atoms with Gasteiger partial charge in [-0.25, -0.2) is 4.98 Å². The molecule has 0 aliphatic carbocycles. The van der Waals surface area contributed by atoms with Crippen LogP contribution in [-0.4, -0.2) is 28.5 Å². The molecule has 0 bridgehead atoms. The Bertz CT molecular complexity index is 1370. The summed E-state index contributed by atoms with van der Waals surface area (Å²) in [6.45, 7) is 7.02. The number of nitrogens with one attached hydrogen (secondary N) is 1. The zero-order valence-corrected chi connectivity index (χ0v) is 23.1. The molecule has 0 saturated carbocycles. The Morgan fingerprint density at radius 1 is 0.639 bits per heavy atom. The van der Waals surface area contributed by atoms with Crippen molar-refractivity contribution in [2.24, 2.45) is 0 Å². The Hall–Kier alpha value is -2.70. The van der Waals surface area contributed by atoms with Crippen LogP contribution in [0.15, 0.2) is 72.8 Å². The molecule has 0 saturated heterocycles. The quantitative estimate of drug-likeness (QED) is 0.143. The summed E-state index contributed by atoms with van der Waals surface area (Å²) >= 11 is 0. The van der Waals surface area contributed by atoms with E-state index in [0.717, 1.165) is 16.9 Å². The summed E-state index contributed by atoms with van der Waals surface area (Å²) in [6.07, 6.45) is 12.0. The molecule has 0 spiro atoms. The van der Waals surface area contributed by atoms with E-state index in [-0.39, 0.29) is 0 Å². The van der Waals surface area contributed by atoms with E-state index >= 15 is 0 Å². The van der Waals surface area contributed by atoms with Crippen LogP contribution in [0.2, 0.25) is 0 Å². The third kappa shape index (κ3) is 4.69. The highest BCUT2D eigenvalue weighted by atomic mass is 31.2. The number of fused-ring (bicyclic) bond motifs is 6. The standard InChI is InChI=1S/C33H40N2P/c1-4-7-21-36(22-8-5-2,23-9-6-3)26-16-14-15-25(24-26)33-34-31-29-19-12-10-17-27(29)28-18-11-13-20-30(28)32(31)35-33/h10-20,24H,4-9,21-23H2,1-3H3,(H,34,35)/q+1. The highest BCUT2D eigenvalue weighted by Crippen LogP contribution is 2.59. The number of unbranched alkanes of at least 4 members (excludes halogenated alkanes) is 3. The Morgan fingerprint density at radius 3 is 1.81 bits per heavy atom. The number of rotatable bonds is 11. The van der Waals surface area contributed by atoms with Crippen LogP contribution in [0.1, 0.15) is 59.3 Å². The molecule has 5 aromatic rings. The molecule has 0 amide bonds. The van der Waals surface area contributed by atoms with Crippen molar-refractivity contribution in [1.82, 2.24) is 9.97 Å². The first-order valence-electron chi connectivity index (χ1n) is 14.0. The van der Waals surface area contributed by atoms with Crippen molar-refractivity contribution in [1.29, 1.82) is 0 Å². The van der Waals surface area contributed by atoms with Crippen LogP contribution in [0.5, 0.6) is 0 Å². The van der Waals surface area contributed by atoms with Gasteiger partial charge in [0.05, 0.1) is 34.8 Å². The fourth-order valence-corrected chi connectivity index (χ4v) is 10.8. The van der Waals surface area contributed by atoms with Crippen molar-refractivity contribution in [2.45, 2.75) is 59.3 Å². The lowest BCUT2D eigenvalue weighted by Crippen LogP contribution is -2.21. The average molecular weight is 496 g/mol. The molecule has 0 unspecified atom stereocenters. The monoisotopic (exact) mass is 495 g/mol. The van der Waals surface area contributed by atoms with Gasteiger partial charge in [0.15, 0.2) is 0 Å². The van der Waals surface area contributed by atoms with Gasteiger partial charge in [-0.1, -0.05) is 101 Å². The molecule has 36 heavy (non-hydrogen) atoms. The molecule has 0 aliphatic heterocycles. The van der Waals surface area contributed by atoms with E-state index in [1.807, 2.05) is 0 Å². The SMILES string of the molecule is CCCC[P+](CCCC)(CCCC)c1cccc(-c2nc3c4ccccc4c4ccccc4c3[nH]2)c1. The molecule has 1 aromatic heterocycles. The molecular weight excluding hydrogens is 455 g/mol. The summed E-state index contributed by atoms with van der Waals surface area (Å²) in [6, 6.07) is 26.9. The fraction of sp³-hybridized carbons (Fsp3) is 0.364. The van der Waals surface area contributed by atoms with Crippen LogP contribution < -0.4 is 5.30 Å². The van der Waals surface area contributed by atoms with Crippen molar-refractivity contribution in [3.8, 4) is 11.4 Å². The molecular formula is C33H40N2P+. The lowest BCUT2D eigenvalue weighted by Gasteiger charge is -2.28. The molecule has 0 aliphatic rings. The van der Waals surface area contributed by atoms with E-state index < -0.39 is 7.26 Å². The fourth-order valence-electron chi connectivity index (χ4n) is 5.81. The second-order valence-corrected chi connectivity index (χ2v) is 14.5. The number of hydrogen-bond acceptors (Lipinski definition) is 1. The largest absolute Gasteiger partial charge is 0.337 e. The Balaban J connectivity index is 1.66. The molecule has 0 radical (unpaired) electrons. The number of benzene rings is 4. The average Bonchev–Trinajstić information content (AvgIpc) is 3.39. The van der Waals surface area contributed by atoms with Gasteiger partial charge in [0, 0.05) is 23.6 Å². The maximum absolute atomic E-state index is 5.23. The predicted octanol–water partition coefficient (Wildman–Crippen LogP) is 9.58. The van der Waals surface area contributed by atoms with E-state index in [0.29, 0.717) is 0 Å². The van der Waals surface area contributed by atoms with Gasteiger partial charge in [0.1, 0.15) is 5.82 Å². The molecule has 0 fully saturated rings. The zero-order chi connectivity index (χ0) is 25.0. The van der Waals surface area contributed by atoms with E-state index in [1.54, 1.807) is 5.30 Å². The second-order valence-electron chi connectivity index (χ2n) is 10.3. The van der Waals surface area contributed by atoms with Crippen molar-refractivity contribution in [3.05, 3.63) is 72.8 Å². The Labute approximate surface area is 216 Å². The first-order chi connectivity index (χ1) is 17.7. The van der Waals surface area contributed by atoms with Crippen LogP contribution in [0.25, 0.3) is 44.0 Å².